The van der Waals surface area contributed by atoms with Crippen LogP contribution >= 0.6 is 0 Å². The molecule has 1 fully saturated rings. The Hall–Kier alpha value is -3.92. The molecule has 7 heteroatoms. The highest BCUT2D eigenvalue weighted by Crippen LogP contribution is 2.39. The van der Waals surface area contributed by atoms with E-state index in [1.807, 2.05) is 42.5 Å². The van der Waals surface area contributed by atoms with Gasteiger partial charge in [-0.05, 0) is 43.2 Å². The Morgan fingerprint density at radius 3 is 2.75 bits per heavy atom. The Morgan fingerprint density at radius 1 is 1.00 bits per heavy atom. The Labute approximate surface area is 161 Å². The quantitative estimate of drug-likeness (QED) is 0.477. The van der Waals surface area contributed by atoms with Crippen molar-refractivity contribution in [2.75, 3.05) is 10.6 Å². The van der Waals surface area contributed by atoms with Crippen LogP contribution in [0.5, 0.6) is 0 Å². The number of fused-ring (bicyclic) bond motifs is 1. The van der Waals surface area contributed by atoms with Crippen molar-refractivity contribution in [2.45, 2.75) is 18.8 Å². The normalized spacial score (nSPS) is 13.2. The molecule has 1 saturated carbocycles. The van der Waals surface area contributed by atoms with Crippen molar-refractivity contribution in [2.24, 2.45) is 0 Å². The fourth-order valence-corrected chi connectivity index (χ4v) is 3.15. The van der Waals surface area contributed by atoms with Gasteiger partial charge in [-0.3, -0.25) is 5.10 Å². The third-order valence-corrected chi connectivity index (χ3v) is 4.71. The van der Waals surface area contributed by atoms with Crippen molar-refractivity contribution in [1.82, 2.24) is 20.2 Å². The molecule has 4 aromatic rings. The van der Waals surface area contributed by atoms with Crippen LogP contribution in [0.4, 0.5) is 23.3 Å². The molecule has 0 radical (unpaired) electrons. The van der Waals surface area contributed by atoms with Crippen molar-refractivity contribution in [3.63, 3.8) is 0 Å². The molecule has 0 aliphatic heterocycles. The van der Waals surface area contributed by atoms with Gasteiger partial charge in [-0.25, -0.2) is 4.98 Å². The molecule has 0 saturated heterocycles. The molecule has 5 rings (SSSR count). The van der Waals surface area contributed by atoms with E-state index in [4.69, 9.17) is 5.26 Å². The van der Waals surface area contributed by atoms with Gasteiger partial charge in [0.15, 0.2) is 5.82 Å². The molecule has 2 heterocycles. The van der Waals surface area contributed by atoms with E-state index in [0.29, 0.717) is 23.2 Å². The highest BCUT2D eigenvalue weighted by Gasteiger charge is 2.25. The monoisotopic (exact) mass is 367 g/mol. The van der Waals surface area contributed by atoms with Gasteiger partial charge < -0.3 is 10.6 Å². The Balaban J connectivity index is 1.50. The van der Waals surface area contributed by atoms with Crippen LogP contribution in [0.25, 0.3) is 10.9 Å². The third-order valence-electron chi connectivity index (χ3n) is 4.71. The lowest BCUT2D eigenvalue weighted by molar-refractivity contribution is 0.966. The summed E-state index contributed by atoms with van der Waals surface area (Å²) in [5, 5.41) is 24.0. The number of hydrogen-bond acceptors (Lipinski definition) is 6. The van der Waals surface area contributed by atoms with Gasteiger partial charge in [0.25, 0.3) is 0 Å². The molecule has 136 valence electrons. The van der Waals surface area contributed by atoms with E-state index >= 15 is 0 Å². The number of aromatic nitrogens is 4. The minimum atomic E-state index is 0.453. The molecule has 2 aromatic heterocycles. The number of H-pyrrole nitrogens is 1. The summed E-state index contributed by atoms with van der Waals surface area (Å²) in [6, 6.07) is 19.2. The second-order valence-corrected chi connectivity index (χ2v) is 6.84. The molecule has 7 nitrogen and oxygen atoms in total. The van der Waals surface area contributed by atoms with E-state index < -0.39 is 0 Å². The molecule has 0 spiro atoms. The van der Waals surface area contributed by atoms with E-state index in [0.717, 1.165) is 28.1 Å². The number of rotatable bonds is 5. The zero-order chi connectivity index (χ0) is 18.9. The first-order valence-corrected chi connectivity index (χ1v) is 9.15. The SMILES string of the molecule is N#Cc1cccc(Nc2nc(Nc3cc(C4CC4)[nH]n3)c3ccccc3n2)c1. The van der Waals surface area contributed by atoms with Gasteiger partial charge in [0.05, 0.1) is 17.1 Å². The second kappa shape index (κ2) is 6.67. The van der Waals surface area contributed by atoms with E-state index in [1.54, 1.807) is 12.1 Å². The average Bonchev–Trinajstić information content (AvgIpc) is 3.47. The molecule has 2 aromatic carbocycles. The first-order chi connectivity index (χ1) is 13.8. The van der Waals surface area contributed by atoms with Gasteiger partial charge in [-0.1, -0.05) is 18.2 Å². The van der Waals surface area contributed by atoms with Gasteiger partial charge >= 0.3 is 0 Å². The number of nitrogens with zero attached hydrogens (tertiary/aromatic N) is 4. The summed E-state index contributed by atoms with van der Waals surface area (Å²) in [5.74, 6) is 2.48. The number of benzene rings is 2. The maximum absolute atomic E-state index is 9.09. The van der Waals surface area contributed by atoms with Crippen molar-refractivity contribution in [1.29, 1.82) is 5.26 Å². The van der Waals surface area contributed by atoms with Crippen LogP contribution in [0.1, 0.15) is 30.0 Å². The maximum Gasteiger partial charge on any atom is 0.229 e. The standard InChI is InChI=1S/C21H17N7/c22-12-13-4-3-5-15(10-13)23-21-24-17-7-2-1-6-16(17)20(26-21)25-19-11-18(27-28-19)14-8-9-14/h1-7,10-11,14H,8-9H2,(H3,23,24,25,26,27,28). The summed E-state index contributed by atoms with van der Waals surface area (Å²) in [7, 11) is 0. The van der Waals surface area contributed by atoms with Crippen molar-refractivity contribution in [3.8, 4) is 6.07 Å². The molecule has 1 aliphatic rings. The minimum absolute atomic E-state index is 0.453. The van der Waals surface area contributed by atoms with Crippen molar-refractivity contribution < 1.29 is 0 Å². The summed E-state index contributed by atoms with van der Waals surface area (Å²) in [4.78, 5) is 9.24. The topological polar surface area (TPSA) is 102 Å². The predicted molar refractivity (Wildman–Crippen MR) is 108 cm³/mol. The first-order valence-electron chi connectivity index (χ1n) is 9.15. The molecule has 0 bridgehead atoms. The van der Waals surface area contributed by atoms with Gasteiger partial charge in [-0.15, -0.1) is 0 Å². The summed E-state index contributed by atoms with van der Waals surface area (Å²) in [6.45, 7) is 0. The molecule has 3 N–H and O–H groups in total. The van der Waals surface area contributed by atoms with Crippen LogP contribution in [0, 0.1) is 11.3 Å². The number of anilines is 4. The molecule has 28 heavy (non-hydrogen) atoms. The van der Waals surface area contributed by atoms with Crippen molar-refractivity contribution >= 4 is 34.2 Å². The number of nitrogens with one attached hydrogen (secondary N) is 3. The number of para-hydroxylation sites is 1. The van der Waals surface area contributed by atoms with Gasteiger partial charge in [0.1, 0.15) is 5.82 Å². The van der Waals surface area contributed by atoms with E-state index in [-0.39, 0.29) is 0 Å². The smallest absolute Gasteiger partial charge is 0.229 e. The number of aromatic amines is 1. The Bertz CT molecular complexity index is 1200. The predicted octanol–water partition coefficient (Wildman–Crippen LogP) is 4.59. The highest BCUT2D eigenvalue weighted by atomic mass is 15.2. The maximum atomic E-state index is 9.09. The second-order valence-electron chi connectivity index (χ2n) is 6.84. The van der Waals surface area contributed by atoms with Gasteiger partial charge in [0.2, 0.25) is 5.95 Å². The largest absolute Gasteiger partial charge is 0.324 e. The van der Waals surface area contributed by atoms with Gasteiger partial charge in [0, 0.05) is 28.8 Å². The van der Waals surface area contributed by atoms with E-state index in [1.165, 1.54) is 12.8 Å². The average molecular weight is 367 g/mol. The van der Waals surface area contributed by atoms with Crippen LogP contribution in [-0.2, 0) is 0 Å². The Morgan fingerprint density at radius 2 is 1.89 bits per heavy atom. The highest BCUT2D eigenvalue weighted by molar-refractivity contribution is 5.91. The fraction of sp³-hybridized carbons (Fsp3) is 0.143. The van der Waals surface area contributed by atoms with E-state index in [2.05, 4.69) is 36.9 Å². The van der Waals surface area contributed by atoms with E-state index in [9.17, 15) is 0 Å². The molecule has 0 unspecified atom stereocenters. The lowest BCUT2D eigenvalue weighted by Gasteiger charge is -2.10. The molecule has 0 amide bonds. The van der Waals surface area contributed by atoms with Crippen LogP contribution in [-0.4, -0.2) is 20.2 Å². The van der Waals surface area contributed by atoms with Crippen LogP contribution < -0.4 is 10.6 Å². The summed E-state index contributed by atoms with van der Waals surface area (Å²) in [6.07, 6.45) is 2.43. The molecule has 1 aliphatic carbocycles. The zero-order valence-corrected chi connectivity index (χ0v) is 15.0. The number of hydrogen-bond donors (Lipinski definition) is 3. The van der Waals surface area contributed by atoms with Crippen LogP contribution in [0.15, 0.2) is 54.6 Å². The van der Waals surface area contributed by atoms with Crippen LogP contribution in [0.2, 0.25) is 0 Å². The van der Waals surface area contributed by atoms with Gasteiger partial charge in [-0.2, -0.15) is 15.3 Å². The minimum Gasteiger partial charge on any atom is -0.324 e. The molecular formula is C21H17N7. The summed E-state index contributed by atoms with van der Waals surface area (Å²) >= 11 is 0. The molecular weight excluding hydrogens is 350 g/mol. The first kappa shape index (κ1) is 16.3. The third kappa shape index (κ3) is 3.23. The summed E-state index contributed by atoms with van der Waals surface area (Å²) in [5.41, 5.74) is 3.31. The molecule has 0 atom stereocenters. The lowest BCUT2D eigenvalue weighted by Crippen LogP contribution is -2.02. The zero-order valence-electron chi connectivity index (χ0n) is 15.0. The fourth-order valence-electron chi connectivity index (χ4n) is 3.15. The Kier molecular flexibility index (Phi) is 3.87. The summed E-state index contributed by atoms with van der Waals surface area (Å²) < 4.78 is 0. The lowest BCUT2D eigenvalue weighted by atomic mass is 10.2. The van der Waals surface area contributed by atoms with Crippen molar-refractivity contribution in [3.05, 3.63) is 65.9 Å². The number of nitriles is 1. The van der Waals surface area contributed by atoms with Crippen LogP contribution in [0.3, 0.4) is 0 Å².